The minimum Gasteiger partial charge on any atom is -0.481 e. The SMILES string of the molecule is CCSC(C(=O)N1CCC(CC(=O)O)CC1)C(C)C. The molecule has 0 aliphatic carbocycles. The van der Waals surface area contributed by atoms with E-state index < -0.39 is 5.97 Å². The molecule has 0 spiro atoms. The fraction of sp³-hybridized carbons (Fsp3) is 0.857. The number of hydrogen-bond acceptors (Lipinski definition) is 3. The highest BCUT2D eigenvalue weighted by molar-refractivity contribution is 8.00. The van der Waals surface area contributed by atoms with Crippen LogP contribution >= 0.6 is 11.8 Å². The molecule has 1 aliphatic heterocycles. The molecule has 1 saturated heterocycles. The number of piperidine rings is 1. The predicted molar refractivity (Wildman–Crippen MR) is 78.3 cm³/mol. The number of carboxylic acids is 1. The van der Waals surface area contributed by atoms with Crippen LogP contribution < -0.4 is 0 Å². The summed E-state index contributed by atoms with van der Waals surface area (Å²) in [5, 5.41) is 8.83. The minimum atomic E-state index is -0.730. The molecule has 0 aromatic rings. The molecule has 1 unspecified atom stereocenters. The molecule has 1 N–H and O–H groups in total. The second kappa shape index (κ2) is 7.78. The van der Waals surface area contributed by atoms with E-state index >= 15 is 0 Å². The van der Waals surface area contributed by atoms with E-state index in [0.717, 1.165) is 18.6 Å². The summed E-state index contributed by atoms with van der Waals surface area (Å²) in [5.74, 6) is 1.03. The van der Waals surface area contributed by atoms with Crippen LogP contribution in [0.1, 0.15) is 40.0 Å². The zero-order valence-electron chi connectivity index (χ0n) is 12.1. The minimum absolute atomic E-state index is 0.0426. The molecule has 1 aliphatic rings. The number of nitrogens with zero attached hydrogens (tertiary/aromatic N) is 1. The normalized spacial score (nSPS) is 18.6. The van der Waals surface area contributed by atoms with E-state index in [-0.39, 0.29) is 23.5 Å². The lowest BCUT2D eigenvalue weighted by atomic mass is 9.93. The van der Waals surface area contributed by atoms with Gasteiger partial charge < -0.3 is 10.0 Å². The van der Waals surface area contributed by atoms with Gasteiger partial charge in [-0.15, -0.1) is 11.8 Å². The van der Waals surface area contributed by atoms with Gasteiger partial charge >= 0.3 is 5.97 Å². The van der Waals surface area contributed by atoms with E-state index in [4.69, 9.17) is 5.11 Å². The summed E-state index contributed by atoms with van der Waals surface area (Å²) in [6.45, 7) is 7.67. The Morgan fingerprint density at radius 2 is 1.89 bits per heavy atom. The van der Waals surface area contributed by atoms with E-state index in [2.05, 4.69) is 20.8 Å². The summed E-state index contributed by atoms with van der Waals surface area (Å²) in [6.07, 6.45) is 1.87. The largest absolute Gasteiger partial charge is 0.481 e. The molecule has 0 bridgehead atoms. The highest BCUT2D eigenvalue weighted by Crippen LogP contribution is 2.26. The van der Waals surface area contributed by atoms with Crippen molar-refractivity contribution in [1.29, 1.82) is 0 Å². The molecule has 0 aromatic carbocycles. The Morgan fingerprint density at radius 1 is 1.32 bits per heavy atom. The van der Waals surface area contributed by atoms with E-state index in [0.29, 0.717) is 19.0 Å². The summed E-state index contributed by atoms with van der Waals surface area (Å²) in [5.41, 5.74) is 0. The maximum atomic E-state index is 12.4. The number of carbonyl (C=O) groups excluding carboxylic acids is 1. The van der Waals surface area contributed by atoms with Crippen molar-refractivity contribution < 1.29 is 14.7 Å². The number of aliphatic carboxylic acids is 1. The smallest absolute Gasteiger partial charge is 0.303 e. The van der Waals surface area contributed by atoms with Crippen molar-refractivity contribution in [3.8, 4) is 0 Å². The Kier molecular flexibility index (Phi) is 6.69. The van der Waals surface area contributed by atoms with Crippen LogP contribution in [0.3, 0.4) is 0 Å². The van der Waals surface area contributed by atoms with Crippen molar-refractivity contribution in [3.63, 3.8) is 0 Å². The topological polar surface area (TPSA) is 57.6 Å². The lowest BCUT2D eigenvalue weighted by molar-refractivity contribution is -0.138. The first-order valence-electron chi connectivity index (χ1n) is 7.07. The maximum Gasteiger partial charge on any atom is 0.303 e. The van der Waals surface area contributed by atoms with Crippen molar-refractivity contribution in [2.75, 3.05) is 18.8 Å². The quantitative estimate of drug-likeness (QED) is 0.815. The zero-order valence-corrected chi connectivity index (χ0v) is 12.9. The fourth-order valence-corrected chi connectivity index (χ4v) is 3.55. The Balaban J connectivity index is 2.49. The van der Waals surface area contributed by atoms with Crippen LogP contribution in [0.15, 0.2) is 0 Å². The molecule has 19 heavy (non-hydrogen) atoms. The van der Waals surface area contributed by atoms with Crippen LogP contribution in [-0.4, -0.2) is 46.0 Å². The molecule has 1 amide bonds. The molecule has 1 rings (SSSR count). The van der Waals surface area contributed by atoms with Gasteiger partial charge in [-0.05, 0) is 30.4 Å². The molecule has 0 aromatic heterocycles. The van der Waals surface area contributed by atoms with Gasteiger partial charge in [0.15, 0.2) is 0 Å². The van der Waals surface area contributed by atoms with Crippen molar-refractivity contribution in [1.82, 2.24) is 4.90 Å². The van der Waals surface area contributed by atoms with Gasteiger partial charge in [-0.1, -0.05) is 20.8 Å². The van der Waals surface area contributed by atoms with Gasteiger partial charge in [-0.3, -0.25) is 9.59 Å². The van der Waals surface area contributed by atoms with E-state index in [1.807, 2.05) is 4.90 Å². The first-order valence-corrected chi connectivity index (χ1v) is 8.12. The second-order valence-electron chi connectivity index (χ2n) is 5.49. The number of carbonyl (C=O) groups is 2. The van der Waals surface area contributed by atoms with Gasteiger partial charge in [0.05, 0.1) is 5.25 Å². The number of thioether (sulfide) groups is 1. The van der Waals surface area contributed by atoms with Gasteiger partial charge in [-0.2, -0.15) is 0 Å². The Morgan fingerprint density at radius 3 is 2.32 bits per heavy atom. The second-order valence-corrected chi connectivity index (χ2v) is 6.91. The van der Waals surface area contributed by atoms with Crippen molar-refractivity contribution in [2.24, 2.45) is 11.8 Å². The third-order valence-electron chi connectivity index (χ3n) is 3.58. The van der Waals surface area contributed by atoms with Gasteiger partial charge in [0.2, 0.25) is 5.91 Å². The summed E-state index contributed by atoms with van der Waals surface area (Å²) >= 11 is 1.71. The molecule has 1 atom stereocenters. The molecule has 5 heteroatoms. The monoisotopic (exact) mass is 287 g/mol. The van der Waals surface area contributed by atoms with Crippen LogP contribution in [0, 0.1) is 11.8 Å². The molecule has 0 saturated carbocycles. The number of carboxylic acid groups (broad SMARTS) is 1. The molecular formula is C14H25NO3S. The van der Waals surface area contributed by atoms with E-state index in [1.54, 1.807) is 11.8 Å². The van der Waals surface area contributed by atoms with Crippen LogP contribution in [0.25, 0.3) is 0 Å². The number of rotatable bonds is 6. The van der Waals surface area contributed by atoms with E-state index in [1.165, 1.54) is 0 Å². The van der Waals surface area contributed by atoms with Gasteiger partial charge in [-0.25, -0.2) is 0 Å². The Hall–Kier alpha value is -0.710. The first kappa shape index (κ1) is 16.3. The molecule has 0 radical (unpaired) electrons. The van der Waals surface area contributed by atoms with Crippen molar-refractivity contribution in [3.05, 3.63) is 0 Å². The number of amides is 1. The number of likely N-dealkylation sites (tertiary alicyclic amines) is 1. The van der Waals surface area contributed by atoms with Crippen LogP contribution in [-0.2, 0) is 9.59 Å². The lowest BCUT2D eigenvalue weighted by Gasteiger charge is -2.34. The summed E-state index contributed by atoms with van der Waals surface area (Å²) in [7, 11) is 0. The van der Waals surface area contributed by atoms with Crippen LogP contribution in [0.5, 0.6) is 0 Å². The highest BCUT2D eigenvalue weighted by atomic mass is 32.2. The van der Waals surface area contributed by atoms with Crippen LogP contribution in [0.2, 0.25) is 0 Å². The average molecular weight is 287 g/mol. The van der Waals surface area contributed by atoms with Gasteiger partial charge in [0.1, 0.15) is 0 Å². The average Bonchev–Trinajstić information content (AvgIpc) is 2.35. The molecule has 1 heterocycles. The number of hydrogen-bond donors (Lipinski definition) is 1. The van der Waals surface area contributed by atoms with E-state index in [9.17, 15) is 9.59 Å². The third kappa shape index (κ3) is 5.05. The Labute approximate surface area is 119 Å². The maximum absolute atomic E-state index is 12.4. The van der Waals surface area contributed by atoms with Crippen LogP contribution in [0.4, 0.5) is 0 Å². The summed E-state index contributed by atoms with van der Waals surface area (Å²) in [6, 6.07) is 0. The molecular weight excluding hydrogens is 262 g/mol. The molecule has 4 nitrogen and oxygen atoms in total. The molecule has 1 fully saturated rings. The van der Waals surface area contributed by atoms with Gasteiger partial charge in [0, 0.05) is 19.5 Å². The third-order valence-corrected chi connectivity index (χ3v) is 5.02. The molecule has 110 valence electrons. The standard InChI is InChI=1S/C14H25NO3S/c1-4-19-13(10(2)3)14(18)15-7-5-11(6-8-15)9-12(16)17/h10-11,13H,4-9H2,1-3H3,(H,16,17). The summed E-state index contributed by atoms with van der Waals surface area (Å²) < 4.78 is 0. The Bertz CT molecular complexity index is 312. The highest BCUT2D eigenvalue weighted by Gasteiger charge is 2.30. The zero-order chi connectivity index (χ0) is 14.4. The first-order chi connectivity index (χ1) is 8.95. The fourth-order valence-electron chi connectivity index (χ4n) is 2.51. The van der Waals surface area contributed by atoms with Crippen molar-refractivity contribution in [2.45, 2.75) is 45.3 Å². The predicted octanol–water partition coefficient (Wildman–Crippen LogP) is 2.48. The lowest BCUT2D eigenvalue weighted by Crippen LogP contribution is -2.44. The van der Waals surface area contributed by atoms with Crippen molar-refractivity contribution >= 4 is 23.6 Å². The van der Waals surface area contributed by atoms with Gasteiger partial charge in [0.25, 0.3) is 0 Å². The summed E-state index contributed by atoms with van der Waals surface area (Å²) in [4.78, 5) is 25.1.